The van der Waals surface area contributed by atoms with Gasteiger partial charge in [0, 0.05) is 12.1 Å². The minimum absolute atomic E-state index is 0.0471. The van der Waals surface area contributed by atoms with Crippen molar-refractivity contribution in [3.63, 3.8) is 0 Å². The summed E-state index contributed by atoms with van der Waals surface area (Å²) in [7, 11) is -3.71. The van der Waals surface area contributed by atoms with Gasteiger partial charge in [0.2, 0.25) is 10.0 Å². The van der Waals surface area contributed by atoms with Crippen LogP contribution in [-0.2, 0) is 16.6 Å². The number of sulfonamides is 1. The first-order valence-corrected chi connectivity index (χ1v) is 8.33. The van der Waals surface area contributed by atoms with Crippen LogP contribution in [0, 0.1) is 6.92 Å². The van der Waals surface area contributed by atoms with Crippen molar-refractivity contribution in [2.75, 3.05) is 6.54 Å². The number of aryl methyl sites for hydroxylation is 1. The molecule has 22 heavy (non-hydrogen) atoms. The molecule has 0 saturated heterocycles. The van der Waals surface area contributed by atoms with Gasteiger partial charge in [-0.3, -0.25) is 4.79 Å². The van der Waals surface area contributed by atoms with E-state index in [1.165, 1.54) is 18.4 Å². The molecule has 118 valence electrons. The highest BCUT2D eigenvalue weighted by Crippen LogP contribution is 2.16. The van der Waals surface area contributed by atoms with Crippen LogP contribution in [0.2, 0.25) is 0 Å². The Morgan fingerprint density at radius 2 is 2.05 bits per heavy atom. The summed E-state index contributed by atoms with van der Waals surface area (Å²) in [6, 6.07) is 7.83. The van der Waals surface area contributed by atoms with Crippen molar-refractivity contribution in [1.29, 1.82) is 0 Å². The van der Waals surface area contributed by atoms with E-state index in [-0.39, 0.29) is 17.3 Å². The maximum Gasteiger partial charge on any atom is 0.251 e. The Labute approximate surface area is 129 Å². The van der Waals surface area contributed by atoms with E-state index >= 15 is 0 Å². The first-order valence-electron chi connectivity index (χ1n) is 6.85. The van der Waals surface area contributed by atoms with Gasteiger partial charge >= 0.3 is 0 Å². The number of hydrogen-bond acceptors (Lipinski definition) is 4. The van der Waals surface area contributed by atoms with Gasteiger partial charge in [-0.25, -0.2) is 13.1 Å². The van der Waals surface area contributed by atoms with E-state index in [0.29, 0.717) is 17.9 Å². The number of amides is 1. The van der Waals surface area contributed by atoms with Crippen molar-refractivity contribution in [1.82, 2.24) is 10.0 Å². The fraction of sp³-hybridized carbons (Fsp3) is 0.267. The van der Waals surface area contributed by atoms with Crippen LogP contribution in [0.15, 0.2) is 45.9 Å². The summed E-state index contributed by atoms with van der Waals surface area (Å²) in [5.74, 6) is 0.225. The summed E-state index contributed by atoms with van der Waals surface area (Å²) >= 11 is 0. The lowest BCUT2D eigenvalue weighted by molar-refractivity contribution is 0.0955. The Morgan fingerprint density at radius 3 is 2.68 bits per heavy atom. The van der Waals surface area contributed by atoms with Crippen LogP contribution in [0.3, 0.4) is 0 Å². The topological polar surface area (TPSA) is 88.4 Å². The van der Waals surface area contributed by atoms with Gasteiger partial charge < -0.3 is 9.73 Å². The minimum atomic E-state index is -3.71. The molecule has 0 spiro atoms. The van der Waals surface area contributed by atoms with E-state index in [4.69, 9.17) is 4.42 Å². The van der Waals surface area contributed by atoms with Crippen LogP contribution in [0.5, 0.6) is 0 Å². The third kappa shape index (κ3) is 3.75. The van der Waals surface area contributed by atoms with Crippen molar-refractivity contribution < 1.29 is 17.6 Å². The van der Waals surface area contributed by atoms with Gasteiger partial charge in [0.15, 0.2) is 0 Å². The van der Waals surface area contributed by atoms with Gasteiger partial charge in [-0.15, -0.1) is 0 Å². The molecule has 2 N–H and O–H groups in total. The van der Waals surface area contributed by atoms with Crippen LogP contribution in [-0.4, -0.2) is 20.9 Å². The average molecular weight is 322 g/mol. The van der Waals surface area contributed by atoms with Gasteiger partial charge in [-0.1, -0.05) is 6.07 Å². The van der Waals surface area contributed by atoms with Gasteiger partial charge in [-0.2, -0.15) is 0 Å². The molecular formula is C15H18N2O4S. The molecule has 0 bridgehead atoms. The molecule has 1 heterocycles. The normalized spacial score (nSPS) is 11.4. The van der Waals surface area contributed by atoms with E-state index in [1.54, 1.807) is 32.0 Å². The maximum atomic E-state index is 12.3. The predicted octanol–water partition coefficient (Wildman–Crippen LogP) is 1.82. The number of hydrogen-bond donors (Lipinski definition) is 2. The van der Waals surface area contributed by atoms with Crippen LogP contribution in [0.1, 0.15) is 28.6 Å². The Bertz CT molecular complexity index is 752. The Kier molecular flexibility index (Phi) is 4.99. The number of carbonyl (C=O) groups excluding carboxylic acids is 1. The molecule has 1 amide bonds. The average Bonchev–Trinajstić information content (AvgIpc) is 2.99. The molecule has 0 atom stereocenters. The highest BCUT2D eigenvalue weighted by molar-refractivity contribution is 7.89. The zero-order chi connectivity index (χ0) is 16.2. The fourth-order valence-electron chi connectivity index (χ4n) is 1.93. The second-order valence-corrected chi connectivity index (χ2v) is 6.51. The highest BCUT2D eigenvalue weighted by atomic mass is 32.2. The van der Waals surface area contributed by atoms with E-state index in [0.717, 1.165) is 5.56 Å². The summed E-state index contributed by atoms with van der Waals surface area (Å²) in [4.78, 5) is 12.0. The molecule has 0 aliphatic heterocycles. The van der Waals surface area contributed by atoms with Crippen molar-refractivity contribution in [2.45, 2.75) is 25.3 Å². The SMILES string of the molecule is CCNC(=O)c1cc(S(=O)(=O)NCc2ccco2)ccc1C. The molecular weight excluding hydrogens is 304 g/mol. The third-order valence-corrected chi connectivity index (χ3v) is 4.52. The lowest BCUT2D eigenvalue weighted by atomic mass is 10.1. The first kappa shape index (κ1) is 16.3. The quantitative estimate of drug-likeness (QED) is 0.849. The number of rotatable bonds is 6. The molecule has 0 fully saturated rings. The largest absolute Gasteiger partial charge is 0.468 e. The minimum Gasteiger partial charge on any atom is -0.468 e. The number of benzene rings is 1. The monoisotopic (exact) mass is 322 g/mol. The molecule has 1 aromatic heterocycles. The molecule has 0 aliphatic carbocycles. The number of furan rings is 1. The standard InChI is InChI=1S/C15H18N2O4S/c1-3-16-15(18)14-9-13(7-6-11(14)2)22(19,20)17-10-12-5-4-8-21-12/h4-9,17H,3,10H2,1-2H3,(H,16,18). The molecule has 0 unspecified atom stereocenters. The molecule has 2 aromatic rings. The number of carbonyl (C=O) groups is 1. The Balaban J connectivity index is 2.23. The van der Waals surface area contributed by atoms with E-state index in [2.05, 4.69) is 10.0 Å². The molecule has 2 rings (SSSR count). The van der Waals surface area contributed by atoms with Gasteiger partial charge in [0.05, 0.1) is 17.7 Å². The summed E-state index contributed by atoms with van der Waals surface area (Å²) < 4.78 is 32.1. The molecule has 0 saturated carbocycles. The van der Waals surface area contributed by atoms with Crippen molar-refractivity contribution in [3.05, 3.63) is 53.5 Å². The molecule has 1 aromatic carbocycles. The zero-order valence-electron chi connectivity index (χ0n) is 12.4. The van der Waals surface area contributed by atoms with Gasteiger partial charge in [0.1, 0.15) is 5.76 Å². The Hall–Kier alpha value is -2.12. The van der Waals surface area contributed by atoms with Crippen LogP contribution < -0.4 is 10.0 Å². The Morgan fingerprint density at radius 1 is 1.27 bits per heavy atom. The fourth-order valence-corrected chi connectivity index (χ4v) is 2.95. The van der Waals surface area contributed by atoms with Crippen LogP contribution in [0.25, 0.3) is 0 Å². The zero-order valence-corrected chi connectivity index (χ0v) is 13.2. The van der Waals surface area contributed by atoms with Gasteiger partial charge in [-0.05, 0) is 43.7 Å². The molecule has 6 nitrogen and oxygen atoms in total. The van der Waals surface area contributed by atoms with Crippen LogP contribution in [0.4, 0.5) is 0 Å². The highest BCUT2D eigenvalue weighted by Gasteiger charge is 2.18. The van der Waals surface area contributed by atoms with E-state index in [1.807, 2.05) is 0 Å². The van der Waals surface area contributed by atoms with Crippen molar-refractivity contribution in [2.24, 2.45) is 0 Å². The molecule has 7 heteroatoms. The number of nitrogens with one attached hydrogen (secondary N) is 2. The summed E-state index contributed by atoms with van der Waals surface area (Å²) in [6.07, 6.45) is 1.47. The lowest BCUT2D eigenvalue weighted by Crippen LogP contribution is -2.26. The van der Waals surface area contributed by atoms with E-state index in [9.17, 15) is 13.2 Å². The summed E-state index contributed by atoms with van der Waals surface area (Å²) in [5.41, 5.74) is 1.07. The van der Waals surface area contributed by atoms with Crippen molar-refractivity contribution >= 4 is 15.9 Å². The first-order chi connectivity index (χ1) is 10.4. The predicted molar refractivity (Wildman–Crippen MR) is 81.9 cm³/mol. The summed E-state index contributed by atoms with van der Waals surface area (Å²) in [5, 5.41) is 2.67. The van der Waals surface area contributed by atoms with E-state index < -0.39 is 10.0 Å². The smallest absolute Gasteiger partial charge is 0.251 e. The molecule has 0 radical (unpaired) electrons. The second kappa shape index (κ2) is 6.76. The maximum absolute atomic E-state index is 12.3. The van der Waals surface area contributed by atoms with Gasteiger partial charge in [0.25, 0.3) is 5.91 Å². The summed E-state index contributed by atoms with van der Waals surface area (Å²) in [6.45, 7) is 4.10. The van der Waals surface area contributed by atoms with Crippen molar-refractivity contribution in [3.8, 4) is 0 Å². The lowest BCUT2D eigenvalue weighted by Gasteiger charge is -2.10. The second-order valence-electron chi connectivity index (χ2n) is 4.74. The van der Waals surface area contributed by atoms with Crippen LogP contribution >= 0.6 is 0 Å². The third-order valence-electron chi connectivity index (χ3n) is 3.12. The molecule has 0 aliphatic rings.